The molecular formula is C18H16F4N2O3. The second-order valence-electron chi connectivity index (χ2n) is 6.01. The van der Waals surface area contributed by atoms with Crippen molar-refractivity contribution in [2.24, 2.45) is 0 Å². The fourth-order valence-electron chi connectivity index (χ4n) is 2.81. The highest BCUT2D eigenvalue weighted by atomic mass is 19.4. The van der Waals surface area contributed by atoms with Crippen LogP contribution in [0.2, 0.25) is 0 Å². The Morgan fingerprint density at radius 3 is 2.70 bits per heavy atom. The van der Waals surface area contributed by atoms with E-state index in [1.807, 2.05) is 0 Å². The molecule has 144 valence electrons. The Kier molecular flexibility index (Phi) is 5.20. The van der Waals surface area contributed by atoms with Gasteiger partial charge in [0.05, 0.1) is 19.2 Å². The fourth-order valence-corrected chi connectivity index (χ4v) is 2.81. The number of amides is 1. The van der Waals surface area contributed by atoms with Crippen molar-refractivity contribution in [1.82, 2.24) is 9.88 Å². The molecule has 0 bridgehead atoms. The lowest BCUT2D eigenvalue weighted by atomic mass is 10.2. The van der Waals surface area contributed by atoms with Crippen LogP contribution in [0.4, 0.5) is 17.6 Å². The molecule has 0 saturated carbocycles. The Balaban J connectivity index is 1.65. The first-order chi connectivity index (χ1) is 12.8. The van der Waals surface area contributed by atoms with E-state index in [-0.39, 0.29) is 29.6 Å². The SMILES string of the molecule is COc1ccc(C(=O)N2CC[C@@H](Oc3cc(C(F)(F)F)ccn3)C2)cc1F. The van der Waals surface area contributed by atoms with Gasteiger partial charge in [-0.3, -0.25) is 4.79 Å². The van der Waals surface area contributed by atoms with Crippen molar-refractivity contribution in [3.63, 3.8) is 0 Å². The monoisotopic (exact) mass is 384 g/mol. The van der Waals surface area contributed by atoms with E-state index in [4.69, 9.17) is 9.47 Å². The minimum atomic E-state index is -4.49. The molecule has 0 unspecified atom stereocenters. The van der Waals surface area contributed by atoms with E-state index in [1.165, 1.54) is 24.1 Å². The lowest BCUT2D eigenvalue weighted by Gasteiger charge is -2.17. The van der Waals surface area contributed by atoms with Gasteiger partial charge in [-0.1, -0.05) is 0 Å². The molecule has 5 nitrogen and oxygen atoms in total. The van der Waals surface area contributed by atoms with Crippen LogP contribution in [0.1, 0.15) is 22.3 Å². The Bertz CT molecular complexity index is 842. The molecule has 1 aromatic heterocycles. The summed E-state index contributed by atoms with van der Waals surface area (Å²) in [5.41, 5.74) is -0.696. The topological polar surface area (TPSA) is 51.7 Å². The van der Waals surface area contributed by atoms with Crippen molar-refractivity contribution in [2.75, 3.05) is 20.2 Å². The number of benzene rings is 1. The normalized spacial score (nSPS) is 17.1. The number of rotatable bonds is 4. The molecule has 0 aliphatic carbocycles. The lowest BCUT2D eigenvalue weighted by molar-refractivity contribution is -0.137. The quantitative estimate of drug-likeness (QED) is 0.757. The van der Waals surface area contributed by atoms with E-state index in [0.717, 1.165) is 24.4 Å². The zero-order chi connectivity index (χ0) is 19.6. The third-order valence-corrected chi connectivity index (χ3v) is 4.18. The Morgan fingerprint density at radius 1 is 1.26 bits per heavy atom. The number of alkyl halides is 3. The molecule has 0 radical (unpaired) electrons. The number of hydrogen-bond acceptors (Lipinski definition) is 4. The number of likely N-dealkylation sites (tertiary alicyclic amines) is 1. The van der Waals surface area contributed by atoms with Gasteiger partial charge in [-0.05, 0) is 24.3 Å². The lowest BCUT2D eigenvalue weighted by Crippen LogP contribution is -2.31. The van der Waals surface area contributed by atoms with Crippen LogP contribution >= 0.6 is 0 Å². The van der Waals surface area contributed by atoms with Crippen LogP contribution in [-0.2, 0) is 6.18 Å². The number of nitrogens with zero attached hydrogens (tertiary/aromatic N) is 2. The van der Waals surface area contributed by atoms with E-state index in [0.29, 0.717) is 13.0 Å². The molecule has 1 saturated heterocycles. The van der Waals surface area contributed by atoms with Crippen molar-refractivity contribution < 1.29 is 31.8 Å². The molecule has 2 aromatic rings. The summed E-state index contributed by atoms with van der Waals surface area (Å²) in [6.45, 7) is 0.514. The average Bonchev–Trinajstić information content (AvgIpc) is 3.09. The minimum Gasteiger partial charge on any atom is -0.494 e. The predicted molar refractivity (Wildman–Crippen MR) is 87.1 cm³/mol. The number of pyridine rings is 1. The number of aromatic nitrogens is 1. The molecule has 1 atom stereocenters. The summed E-state index contributed by atoms with van der Waals surface area (Å²) in [4.78, 5) is 17.7. The molecular weight excluding hydrogens is 368 g/mol. The van der Waals surface area contributed by atoms with Gasteiger partial charge in [0.25, 0.3) is 5.91 Å². The van der Waals surface area contributed by atoms with Gasteiger partial charge in [0.15, 0.2) is 11.6 Å². The largest absolute Gasteiger partial charge is 0.494 e. The Morgan fingerprint density at radius 2 is 2.04 bits per heavy atom. The van der Waals surface area contributed by atoms with E-state index in [9.17, 15) is 22.4 Å². The molecule has 1 aliphatic rings. The van der Waals surface area contributed by atoms with Gasteiger partial charge in [-0.25, -0.2) is 9.37 Å². The molecule has 0 N–H and O–H groups in total. The van der Waals surface area contributed by atoms with Crippen molar-refractivity contribution in [3.8, 4) is 11.6 Å². The number of halogens is 4. The van der Waals surface area contributed by atoms with Gasteiger partial charge in [-0.15, -0.1) is 0 Å². The predicted octanol–water partition coefficient (Wildman–Crippen LogP) is 3.54. The highest BCUT2D eigenvalue weighted by Gasteiger charge is 2.32. The molecule has 1 amide bonds. The summed E-state index contributed by atoms with van der Waals surface area (Å²) >= 11 is 0. The first kappa shape index (κ1) is 18.9. The van der Waals surface area contributed by atoms with Gasteiger partial charge in [0, 0.05) is 30.8 Å². The molecule has 3 rings (SSSR count). The molecule has 0 spiro atoms. The first-order valence-corrected chi connectivity index (χ1v) is 8.10. The number of carbonyl (C=O) groups is 1. The molecule has 2 heterocycles. The van der Waals surface area contributed by atoms with Crippen LogP contribution in [0.5, 0.6) is 11.6 Å². The smallest absolute Gasteiger partial charge is 0.416 e. The third-order valence-electron chi connectivity index (χ3n) is 4.18. The molecule has 9 heteroatoms. The van der Waals surface area contributed by atoms with Crippen LogP contribution in [0.15, 0.2) is 36.5 Å². The van der Waals surface area contributed by atoms with Crippen LogP contribution < -0.4 is 9.47 Å². The van der Waals surface area contributed by atoms with Crippen LogP contribution in [0, 0.1) is 5.82 Å². The van der Waals surface area contributed by atoms with Gasteiger partial charge in [0.2, 0.25) is 5.88 Å². The van der Waals surface area contributed by atoms with E-state index >= 15 is 0 Å². The average molecular weight is 384 g/mol. The second-order valence-corrected chi connectivity index (χ2v) is 6.01. The third kappa shape index (κ3) is 4.29. The highest BCUT2D eigenvalue weighted by Crippen LogP contribution is 2.31. The number of ether oxygens (including phenoxy) is 2. The van der Waals surface area contributed by atoms with Crippen LogP contribution in [0.25, 0.3) is 0 Å². The van der Waals surface area contributed by atoms with E-state index < -0.39 is 23.7 Å². The van der Waals surface area contributed by atoms with Crippen molar-refractivity contribution in [2.45, 2.75) is 18.7 Å². The van der Waals surface area contributed by atoms with Gasteiger partial charge >= 0.3 is 6.18 Å². The molecule has 1 fully saturated rings. The summed E-state index contributed by atoms with van der Waals surface area (Å²) in [6.07, 6.45) is -3.52. The standard InChI is InChI=1S/C18H16F4N2O3/c1-26-15-3-2-11(8-14(15)19)17(25)24-7-5-13(10-24)27-16-9-12(4-6-23-16)18(20,21)22/h2-4,6,8-9,13H,5,7,10H2,1H3/t13-/m1/s1. The number of carbonyl (C=O) groups excluding carboxylic acids is 1. The molecule has 27 heavy (non-hydrogen) atoms. The number of methoxy groups -OCH3 is 1. The molecule has 1 aliphatic heterocycles. The van der Waals surface area contributed by atoms with Gasteiger partial charge < -0.3 is 14.4 Å². The van der Waals surface area contributed by atoms with Crippen LogP contribution in [-0.4, -0.2) is 42.1 Å². The Labute approximate surface area is 152 Å². The van der Waals surface area contributed by atoms with Gasteiger partial charge in [-0.2, -0.15) is 13.2 Å². The maximum absolute atomic E-state index is 13.8. The minimum absolute atomic E-state index is 0.0322. The van der Waals surface area contributed by atoms with Crippen molar-refractivity contribution in [3.05, 3.63) is 53.5 Å². The summed E-state index contributed by atoms with van der Waals surface area (Å²) in [5.74, 6) is -1.16. The summed E-state index contributed by atoms with van der Waals surface area (Å²) in [5, 5.41) is 0. The maximum atomic E-state index is 13.8. The summed E-state index contributed by atoms with van der Waals surface area (Å²) in [6, 6.07) is 5.58. The molecule has 1 aromatic carbocycles. The van der Waals surface area contributed by atoms with E-state index in [2.05, 4.69) is 4.98 Å². The fraction of sp³-hybridized carbons (Fsp3) is 0.333. The second kappa shape index (κ2) is 7.42. The highest BCUT2D eigenvalue weighted by molar-refractivity contribution is 5.94. The first-order valence-electron chi connectivity index (χ1n) is 8.10. The van der Waals surface area contributed by atoms with Crippen molar-refractivity contribution >= 4 is 5.91 Å². The van der Waals surface area contributed by atoms with E-state index in [1.54, 1.807) is 0 Å². The summed E-state index contributed by atoms with van der Waals surface area (Å²) in [7, 11) is 1.32. The zero-order valence-electron chi connectivity index (χ0n) is 14.3. The maximum Gasteiger partial charge on any atom is 0.416 e. The number of hydrogen-bond donors (Lipinski definition) is 0. The summed E-state index contributed by atoms with van der Waals surface area (Å²) < 4.78 is 62.3. The van der Waals surface area contributed by atoms with Crippen molar-refractivity contribution in [1.29, 1.82) is 0 Å². The van der Waals surface area contributed by atoms with Crippen LogP contribution in [0.3, 0.4) is 0 Å². The van der Waals surface area contributed by atoms with Gasteiger partial charge in [0.1, 0.15) is 6.10 Å². The zero-order valence-corrected chi connectivity index (χ0v) is 14.3. The Hall–Kier alpha value is -2.84.